The first-order chi connectivity index (χ1) is 11.7. The molecule has 1 aliphatic rings. The molecule has 0 radical (unpaired) electrons. The molecule has 24 heavy (non-hydrogen) atoms. The molecule has 0 aliphatic carbocycles. The third-order valence-corrected chi connectivity index (χ3v) is 3.55. The van der Waals surface area contributed by atoms with Crippen LogP contribution in [0.5, 0.6) is 23.0 Å². The molecule has 0 saturated heterocycles. The predicted molar refractivity (Wildman–Crippen MR) is 87.8 cm³/mol. The van der Waals surface area contributed by atoms with Crippen LogP contribution in [0.15, 0.2) is 42.5 Å². The molecule has 0 unspecified atom stereocenters. The summed E-state index contributed by atoms with van der Waals surface area (Å²) in [6.45, 7) is 1.07. The fraction of sp³-hybridized carbons (Fsp3) is 0.278. The molecule has 0 saturated carbocycles. The Morgan fingerprint density at radius 3 is 2.62 bits per heavy atom. The summed E-state index contributed by atoms with van der Waals surface area (Å²) in [6, 6.07) is 12.8. The first-order valence-electron chi connectivity index (χ1n) is 7.66. The van der Waals surface area contributed by atoms with E-state index in [2.05, 4.69) is 5.32 Å². The van der Waals surface area contributed by atoms with Gasteiger partial charge in [-0.05, 0) is 42.0 Å². The van der Waals surface area contributed by atoms with Gasteiger partial charge < -0.3 is 24.3 Å². The molecule has 6 heteroatoms. The van der Waals surface area contributed by atoms with Crippen LogP contribution in [0.3, 0.4) is 0 Å². The van der Waals surface area contributed by atoms with Crippen molar-refractivity contribution in [2.75, 3.05) is 27.1 Å². The summed E-state index contributed by atoms with van der Waals surface area (Å²) < 4.78 is 21.2. The van der Waals surface area contributed by atoms with Crippen molar-refractivity contribution in [1.82, 2.24) is 5.32 Å². The van der Waals surface area contributed by atoms with Crippen molar-refractivity contribution in [2.45, 2.75) is 6.42 Å². The second-order valence-electron chi connectivity index (χ2n) is 5.24. The maximum Gasteiger partial charge on any atom is 0.231 e. The number of ether oxygens (including phenoxy) is 4. The molecular formula is C18H19NO5. The molecule has 2 aromatic rings. The maximum atomic E-state index is 12.0. The molecule has 0 atom stereocenters. The Morgan fingerprint density at radius 1 is 1.08 bits per heavy atom. The molecule has 126 valence electrons. The molecule has 1 amide bonds. The van der Waals surface area contributed by atoms with E-state index in [0.29, 0.717) is 31.1 Å². The Bertz CT molecular complexity index is 699. The van der Waals surface area contributed by atoms with E-state index in [1.807, 2.05) is 42.5 Å². The van der Waals surface area contributed by atoms with Crippen LogP contribution in [0.4, 0.5) is 0 Å². The fourth-order valence-electron chi connectivity index (χ4n) is 2.33. The lowest BCUT2D eigenvalue weighted by Crippen LogP contribution is -2.29. The molecule has 3 rings (SSSR count). The highest BCUT2D eigenvalue weighted by molar-refractivity contribution is 5.78. The zero-order chi connectivity index (χ0) is 16.8. The molecule has 2 aromatic carbocycles. The van der Waals surface area contributed by atoms with Gasteiger partial charge in [0.25, 0.3) is 0 Å². The monoisotopic (exact) mass is 329 g/mol. The number of hydrogen-bond acceptors (Lipinski definition) is 5. The smallest absolute Gasteiger partial charge is 0.231 e. The topological polar surface area (TPSA) is 66.0 Å². The zero-order valence-electron chi connectivity index (χ0n) is 13.4. The molecule has 0 fully saturated rings. The second kappa shape index (κ2) is 7.59. The summed E-state index contributed by atoms with van der Waals surface area (Å²) in [6.07, 6.45) is 0.291. The van der Waals surface area contributed by atoms with E-state index in [0.717, 1.165) is 17.1 Å². The lowest BCUT2D eigenvalue weighted by Gasteiger charge is -2.08. The van der Waals surface area contributed by atoms with E-state index in [4.69, 9.17) is 18.9 Å². The van der Waals surface area contributed by atoms with E-state index in [-0.39, 0.29) is 12.7 Å². The van der Waals surface area contributed by atoms with Gasteiger partial charge in [-0.1, -0.05) is 6.07 Å². The molecule has 6 nitrogen and oxygen atoms in total. The Labute approximate surface area is 140 Å². The van der Waals surface area contributed by atoms with Gasteiger partial charge in [0, 0.05) is 0 Å². The Hall–Kier alpha value is -2.89. The van der Waals surface area contributed by atoms with Gasteiger partial charge >= 0.3 is 0 Å². The summed E-state index contributed by atoms with van der Waals surface area (Å²) in [7, 11) is 1.62. The molecule has 0 spiro atoms. The number of methoxy groups -OCH3 is 1. The lowest BCUT2D eigenvalue weighted by atomic mass is 10.1. The summed E-state index contributed by atoms with van der Waals surface area (Å²) in [5.41, 5.74) is 0.882. The minimum absolute atomic E-state index is 0.0628. The average Bonchev–Trinajstić information content (AvgIpc) is 3.07. The minimum Gasteiger partial charge on any atom is -0.497 e. The summed E-state index contributed by atoms with van der Waals surface area (Å²) >= 11 is 0. The van der Waals surface area contributed by atoms with E-state index < -0.39 is 0 Å². The van der Waals surface area contributed by atoms with Crippen molar-refractivity contribution in [1.29, 1.82) is 0 Å². The van der Waals surface area contributed by atoms with Gasteiger partial charge in [-0.2, -0.15) is 0 Å². The highest BCUT2D eigenvalue weighted by atomic mass is 16.7. The number of carbonyl (C=O) groups is 1. The molecule has 0 aromatic heterocycles. The van der Waals surface area contributed by atoms with Crippen LogP contribution >= 0.6 is 0 Å². The quantitative estimate of drug-likeness (QED) is 0.789. The van der Waals surface area contributed by atoms with Gasteiger partial charge in [-0.25, -0.2) is 0 Å². The predicted octanol–water partition coefficient (Wildman–Crippen LogP) is 2.16. The Kier molecular flexibility index (Phi) is 5.05. The maximum absolute atomic E-state index is 12.0. The third-order valence-electron chi connectivity index (χ3n) is 3.55. The second-order valence-corrected chi connectivity index (χ2v) is 5.24. The van der Waals surface area contributed by atoms with Gasteiger partial charge in [0.1, 0.15) is 18.1 Å². The normalized spacial score (nSPS) is 11.9. The Balaban J connectivity index is 1.39. The molecular weight excluding hydrogens is 310 g/mol. The van der Waals surface area contributed by atoms with Crippen molar-refractivity contribution in [3.63, 3.8) is 0 Å². The first-order valence-corrected chi connectivity index (χ1v) is 7.66. The summed E-state index contributed by atoms with van der Waals surface area (Å²) in [4.78, 5) is 12.0. The van der Waals surface area contributed by atoms with Crippen molar-refractivity contribution in [2.24, 2.45) is 0 Å². The van der Waals surface area contributed by atoms with Gasteiger partial charge in [-0.3, -0.25) is 4.79 Å². The van der Waals surface area contributed by atoms with Gasteiger partial charge in [0.05, 0.1) is 20.1 Å². The third kappa shape index (κ3) is 4.10. The number of hydrogen-bond donors (Lipinski definition) is 1. The van der Waals surface area contributed by atoms with Gasteiger partial charge in [-0.15, -0.1) is 0 Å². The number of carbonyl (C=O) groups excluding carboxylic acids is 1. The number of fused-ring (bicyclic) bond motifs is 1. The minimum atomic E-state index is -0.0628. The van der Waals surface area contributed by atoms with Gasteiger partial charge in [0.2, 0.25) is 12.7 Å². The van der Waals surface area contributed by atoms with Crippen LogP contribution < -0.4 is 24.3 Å². The van der Waals surface area contributed by atoms with Crippen LogP contribution in [0.1, 0.15) is 5.56 Å². The number of amides is 1. The van der Waals surface area contributed by atoms with Crippen molar-refractivity contribution >= 4 is 5.91 Å². The van der Waals surface area contributed by atoms with Crippen LogP contribution in [-0.2, 0) is 11.2 Å². The standard InChI is InChI=1S/C18H19NO5/c1-21-14-3-5-15(6-4-14)22-9-8-19-18(20)11-13-2-7-16-17(10-13)24-12-23-16/h2-7,10H,8-9,11-12H2,1H3,(H,19,20). The molecule has 1 N–H and O–H groups in total. The molecule has 0 bridgehead atoms. The van der Waals surface area contributed by atoms with Crippen molar-refractivity contribution in [3.8, 4) is 23.0 Å². The van der Waals surface area contributed by atoms with E-state index >= 15 is 0 Å². The van der Waals surface area contributed by atoms with Crippen LogP contribution in [0, 0.1) is 0 Å². The van der Waals surface area contributed by atoms with Crippen molar-refractivity contribution < 1.29 is 23.7 Å². The van der Waals surface area contributed by atoms with Gasteiger partial charge in [0.15, 0.2) is 11.5 Å². The number of benzene rings is 2. The van der Waals surface area contributed by atoms with E-state index in [1.54, 1.807) is 7.11 Å². The van der Waals surface area contributed by atoms with Crippen LogP contribution in [0.2, 0.25) is 0 Å². The zero-order valence-corrected chi connectivity index (χ0v) is 13.4. The number of rotatable bonds is 7. The van der Waals surface area contributed by atoms with Crippen LogP contribution in [-0.4, -0.2) is 33.0 Å². The highest BCUT2D eigenvalue weighted by Crippen LogP contribution is 2.32. The molecule has 1 heterocycles. The largest absolute Gasteiger partial charge is 0.497 e. The summed E-state index contributed by atoms with van der Waals surface area (Å²) in [5.74, 6) is 2.85. The first kappa shape index (κ1) is 16.0. The number of nitrogens with one attached hydrogen (secondary N) is 1. The summed E-state index contributed by atoms with van der Waals surface area (Å²) in [5, 5.41) is 2.83. The average molecular weight is 329 g/mol. The molecule has 1 aliphatic heterocycles. The van der Waals surface area contributed by atoms with E-state index in [9.17, 15) is 4.79 Å². The highest BCUT2D eigenvalue weighted by Gasteiger charge is 2.14. The van der Waals surface area contributed by atoms with Crippen molar-refractivity contribution in [3.05, 3.63) is 48.0 Å². The lowest BCUT2D eigenvalue weighted by molar-refractivity contribution is -0.120. The fourth-order valence-corrected chi connectivity index (χ4v) is 2.33. The Morgan fingerprint density at radius 2 is 1.83 bits per heavy atom. The van der Waals surface area contributed by atoms with E-state index in [1.165, 1.54) is 0 Å². The SMILES string of the molecule is COc1ccc(OCCNC(=O)Cc2ccc3c(c2)OCO3)cc1. The van der Waals surface area contributed by atoms with Crippen LogP contribution in [0.25, 0.3) is 0 Å².